The van der Waals surface area contributed by atoms with Crippen LogP contribution in [-0.2, 0) is 16.5 Å². The van der Waals surface area contributed by atoms with E-state index < -0.39 is 23.2 Å². The smallest absolute Gasteiger partial charge is 0.368 e. The molecule has 0 radical (unpaired) electrons. The normalized spacial score (nSPS) is 15.4. The molecule has 4 N–H and O–H groups in total. The van der Waals surface area contributed by atoms with Crippen LogP contribution in [0.5, 0.6) is 0 Å². The molecular weight excluding hydrogens is 233 g/mol. The summed E-state index contributed by atoms with van der Waals surface area (Å²) in [5.74, 6) is -0.848. The monoisotopic (exact) mass is 246 g/mol. The first-order valence-corrected chi connectivity index (χ1v) is 4.98. The van der Waals surface area contributed by atoms with E-state index >= 15 is 0 Å². The molecule has 17 heavy (non-hydrogen) atoms. The number of rotatable bonds is 3. The van der Waals surface area contributed by atoms with Gasteiger partial charge in [-0.2, -0.15) is 13.2 Å². The molecule has 0 aliphatic heterocycles. The summed E-state index contributed by atoms with van der Waals surface area (Å²) in [5.41, 5.74) is 8.51. The molecule has 6 heteroatoms. The number of carbonyl (C=O) groups excluding carboxylic acids is 1. The van der Waals surface area contributed by atoms with Gasteiger partial charge in [0.15, 0.2) is 0 Å². The predicted molar refractivity (Wildman–Crippen MR) is 56.8 cm³/mol. The average Bonchev–Trinajstić information content (AvgIpc) is 2.26. The lowest BCUT2D eigenvalue weighted by Crippen LogP contribution is -2.48. The van der Waals surface area contributed by atoms with E-state index in [1.165, 1.54) is 12.1 Å². The van der Waals surface area contributed by atoms with E-state index in [1.54, 1.807) is 6.92 Å². The fourth-order valence-corrected chi connectivity index (χ4v) is 1.49. The first kappa shape index (κ1) is 13.5. The minimum Gasteiger partial charge on any atom is -0.368 e. The third-order valence-electron chi connectivity index (χ3n) is 2.70. The van der Waals surface area contributed by atoms with Gasteiger partial charge >= 0.3 is 6.18 Å². The Kier molecular flexibility index (Phi) is 3.47. The van der Waals surface area contributed by atoms with Crippen LogP contribution in [0.2, 0.25) is 0 Å². The van der Waals surface area contributed by atoms with E-state index in [0.29, 0.717) is 0 Å². The van der Waals surface area contributed by atoms with Crippen LogP contribution < -0.4 is 11.5 Å². The summed E-state index contributed by atoms with van der Waals surface area (Å²) in [7, 11) is 0. The molecular formula is C11H13F3N2O. The van der Waals surface area contributed by atoms with E-state index in [-0.39, 0.29) is 12.0 Å². The maximum absolute atomic E-state index is 12.5. The summed E-state index contributed by atoms with van der Waals surface area (Å²) in [6.45, 7) is 1.59. The Morgan fingerprint density at radius 3 is 2.24 bits per heavy atom. The number of benzene rings is 1. The van der Waals surface area contributed by atoms with Crippen molar-refractivity contribution in [1.82, 2.24) is 0 Å². The van der Waals surface area contributed by atoms with Crippen LogP contribution in [0.25, 0.3) is 0 Å². The van der Waals surface area contributed by atoms with Gasteiger partial charge in [0.25, 0.3) is 0 Å². The molecule has 1 amide bonds. The predicted octanol–water partition coefficient (Wildman–Crippen LogP) is 1.75. The highest BCUT2D eigenvalue weighted by atomic mass is 19.4. The highest BCUT2D eigenvalue weighted by molar-refractivity contribution is 5.85. The van der Waals surface area contributed by atoms with Crippen LogP contribution in [0.1, 0.15) is 24.5 Å². The topological polar surface area (TPSA) is 69.1 Å². The van der Waals surface area contributed by atoms with Crippen molar-refractivity contribution in [2.45, 2.75) is 25.1 Å². The van der Waals surface area contributed by atoms with Crippen molar-refractivity contribution in [2.75, 3.05) is 0 Å². The molecule has 0 fully saturated rings. The highest BCUT2D eigenvalue weighted by Gasteiger charge is 2.36. The Balaban J connectivity index is 3.28. The molecule has 0 heterocycles. The number of halogens is 3. The van der Waals surface area contributed by atoms with Gasteiger partial charge in [0.05, 0.1) is 5.56 Å². The van der Waals surface area contributed by atoms with Gasteiger partial charge in [-0.15, -0.1) is 0 Å². The summed E-state index contributed by atoms with van der Waals surface area (Å²) in [4.78, 5) is 11.2. The summed E-state index contributed by atoms with van der Waals surface area (Å²) >= 11 is 0. The van der Waals surface area contributed by atoms with Crippen molar-refractivity contribution in [3.05, 3.63) is 35.4 Å². The second-order valence-corrected chi connectivity index (χ2v) is 3.77. The lowest BCUT2D eigenvalue weighted by Gasteiger charge is -2.25. The first-order chi connectivity index (χ1) is 7.71. The van der Waals surface area contributed by atoms with Gasteiger partial charge in [0.1, 0.15) is 5.54 Å². The minimum absolute atomic E-state index is 0.0716. The molecule has 3 nitrogen and oxygen atoms in total. The molecule has 1 rings (SSSR count). The van der Waals surface area contributed by atoms with Gasteiger partial charge in [0, 0.05) is 0 Å². The second kappa shape index (κ2) is 4.37. The van der Waals surface area contributed by atoms with Crippen LogP contribution in [-0.4, -0.2) is 5.91 Å². The number of hydrogen-bond donors (Lipinski definition) is 2. The number of amides is 1. The maximum atomic E-state index is 12.5. The van der Waals surface area contributed by atoms with Gasteiger partial charge in [-0.1, -0.05) is 19.1 Å². The van der Waals surface area contributed by atoms with E-state index in [9.17, 15) is 18.0 Å². The Morgan fingerprint density at radius 2 is 1.82 bits per heavy atom. The fraction of sp³-hybridized carbons (Fsp3) is 0.364. The van der Waals surface area contributed by atoms with E-state index in [1.807, 2.05) is 0 Å². The largest absolute Gasteiger partial charge is 0.416 e. The number of nitrogens with two attached hydrogens (primary N) is 2. The van der Waals surface area contributed by atoms with Crippen molar-refractivity contribution in [3.8, 4) is 0 Å². The quantitative estimate of drug-likeness (QED) is 0.853. The Bertz CT molecular complexity index is 431. The molecule has 0 saturated heterocycles. The lowest BCUT2D eigenvalue weighted by atomic mass is 9.87. The molecule has 1 aromatic carbocycles. The maximum Gasteiger partial charge on any atom is 0.416 e. The molecule has 0 spiro atoms. The Labute approximate surface area is 96.6 Å². The third kappa shape index (κ3) is 2.58. The molecule has 0 aliphatic rings. The highest BCUT2D eigenvalue weighted by Crippen LogP contribution is 2.32. The van der Waals surface area contributed by atoms with Crippen molar-refractivity contribution >= 4 is 5.91 Å². The molecule has 94 valence electrons. The van der Waals surface area contributed by atoms with Crippen molar-refractivity contribution in [2.24, 2.45) is 11.5 Å². The molecule has 1 atom stereocenters. The number of primary amides is 1. The lowest BCUT2D eigenvalue weighted by molar-refractivity contribution is -0.137. The number of carbonyl (C=O) groups is 1. The second-order valence-electron chi connectivity index (χ2n) is 3.77. The zero-order valence-electron chi connectivity index (χ0n) is 9.21. The van der Waals surface area contributed by atoms with Crippen LogP contribution in [0.3, 0.4) is 0 Å². The summed E-state index contributed by atoms with van der Waals surface area (Å²) in [6.07, 6.45) is -4.34. The molecule has 0 aliphatic carbocycles. The van der Waals surface area contributed by atoms with Gasteiger partial charge in [-0.3, -0.25) is 4.79 Å². The SMILES string of the molecule is CCC(N)(C(N)=O)c1cccc(C(F)(F)F)c1. The van der Waals surface area contributed by atoms with Gasteiger partial charge in [-0.25, -0.2) is 0 Å². The minimum atomic E-state index is -4.47. The molecule has 1 unspecified atom stereocenters. The van der Waals surface area contributed by atoms with Crippen molar-refractivity contribution in [1.29, 1.82) is 0 Å². The van der Waals surface area contributed by atoms with E-state index in [2.05, 4.69) is 0 Å². The van der Waals surface area contributed by atoms with Gasteiger partial charge in [0.2, 0.25) is 5.91 Å². The van der Waals surface area contributed by atoms with Gasteiger partial charge in [-0.05, 0) is 24.1 Å². The van der Waals surface area contributed by atoms with Crippen LogP contribution in [0.15, 0.2) is 24.3 Å². The number of hydrogen-bond acceptors (Lipinski definition) is 2. The van der Waals surface area contributed by atoms with Gasteiger partial charge < -0.3 is 11.5 Å². The van der Waals surface area contributed by atoms with Crippen LogP contribution >= 0.6 is 0 Å². The third-order valence-corrected chi connectivity index (χ3v) is 2.70. The van der Waals surface area contributed by atoms with Crippen molar-refractivity contribution < 1.29 is 18.0 Å². The zero-order chi connectivity index (χ0) is 13.3. The first-order valence-electron chi connectivity index (χ1n) is 4.98. The fourth-order valence-electron chi connectivity index (χ4n) is 1.49. The molecule has 0 saturated carbocycles. The standard InChI is InChI=1S/C11H13F3N2O/c1-2-10(16,9(15)17)7-4-3-5-8(6-7)11(12,13)14/h3-6H,2,16H2,1H3,(H2,15,17). The summed E-state index contributed by atoms with van der Waals surface area (Å²) in [5, 5.41) is 0. The molecule has 0 aromatic heterocycles. The molecule has 1 aromatic rings. The van der Waals surface area contributed by atoms with Crippen LogP contribution in [0.4, 0.5) is 13.2 Å². The Hall–Kier alpha value is -1.56. The zero-order valence-corrected chi connectivity index (χ0v) is 9.21. The van der Waals surface area contributed by atoms with Crippen LogP contribution in [0, 0.1) is 0 Å². The summed E-state index contributed by atoms with van der Waals surface area (Å²) in [6, 6.07) is 4.34. The summed E-state index contributed by atoms with van der Waals surface area (Å²) < 4.78 is 37.5. The van der Waals surface area contributed by atoms with E-state index in [4.69, 9.17) is 11.5 Å². The molecule has 0 bridgehead atoms. The van der Waals surface area contributed by atoms with E-state index in [0.717, 1.165) is 12.1 Å². The number of alkyl halides is 3. The van der Waals surface area contributed by atoms with Crippen molar-refractivity contribution in [3.63, 3.8) is 0 Å². The average molecular weight is 246 g/mol. The Morgan fingerprint density at radius 1 is 1.29 bits per heavy atom.